The van der Waals surface area contributed by atoms with Gasteiger partial charge in [0.05, 0.1) is 0 Å². The monoisotopic (exact) mass is 288 g/mol. The molecule has 0 fully saturated rings. The molecule has 0 saturated heterocycles. The lowest BCUT2D eigenvalue weighted by atomic mass is 10.1. The normalized spacial score (nSPS) is 10.7. The van der Waals surface area contributed by atoms with Crippen LogP contribution in [0.25, 0.3) is 0 Å². The Bertz CT molecular complexity index is 581. The second-order valence-corrected chi connectivity index (χ2v) is 5.43. The van der Waals surface area contributed by atoms with Crippen LogP contribution in [0, 0.1) is 18.7 Å². The van der Waals surface area contributed by atoms with Gasteiger partial charge in [0.25, 0.3) is 0 Å². The average molecular weight is 288 g/mol. The van der Waals surface area contributed by atoms with Gasteiger partial charge in [0.1, 0.15) is 23.3 Å². The van der Waals surface area contributed by atoms with Crippen LogP contribution in [0.15, 0.2) is 30.3 Å². The SMILES string of the molecule is Cc1nc(NCCC(C)C)cc(Nc2ccc(F)cc2)n1. The summed E-state index contributed by atoms with van der Waals surface area (Å²) in [4.78, 5) is 8.70. The first-order valence-electron chi connectivity index (χ1n) is 7.15. The molecule has 2 N–H and O–H groups in total. The first-order chi connectivity index (χ1) is 10.0. The molecule has 0 atom stereocenters. The minimum absolute atomic E-state index is 0.254. The summed E-state index contributed by atoms with van der Waals surface area (Å²) in [6.07, 6.45) is 1.09. The molecule has 0 unspecified atom stereocenters. The minimum atomic E-state index is -0.254. The molecule has 0 radical (unpaired) electrons. The van der Waals surface area contributed by atoms with Gasteiger partial charge in [-0.15, -0.1) is 0 Å². The quantitative estimate of drug-likeness (QED) is 0.839. The standard InChI is InChI=1S/C16H21FN4/c1-11(2)8-9-18-15-10-16(20-12(3)19-15)21-14-6-4-13(17)5-7-14/h4-7,10-11H,8-9H2,1-3H3,(H2,18,19,20,21). The van der Waals surface area contributed by atoms with Gasteiger partial charge in [0, 0.05) is 18.3 Å². The molecule has 112 valence electrons. The first kappa shape index (κ1) is 15.2. The summed E-state index contributed by atoms with van der Waals surface area (Å²) in [6, 6.07) is 8.05. The molecular formula is C16H21FN4. The molecule has 2 aromatic rings. The number of hydrogen-bond acceptors (Lipinski definition) is 4. The zero-order valence-electron chi connectivity index (χ0n) is 12.7. The third kappa shape index (κ3) is 5.02. The van der Waals surface area contributed by atoms with E-state index >= 15 is 0 Å². The van der Waals surface area contributed by atoms with Crippen molar-refractivity contribution in [3.05, 3.63) is 42.0 Å². The third-order valence-corrected chi connectivity index (χ3v) is 2.98. The highest BCUT2D eigenvalue weighted by molar-refractivity contribution is 5.59. The maximum Gasteiger partial charge on any atom is 0.136 e. The van der Waals surface area contributed by atoms with E-state index in [9.17, 15) is 4.39 Å². The number of halogens is 1. The second kappa shape index (κ2) is 7.02. The number of benzene rings is 1. The average Bonchev–Trinajstić information content (AvgIpc) is 2.40. The molecule has 0 saturated carbocycles. The number of hydrogen-bond donors (Lipinski definition) is 2. The molecule has 1 heterocycles. The molecular weight excluding hydrogens is 267 g/mol. The molecule has 0 aliphatic rings. The Morgan fingerprint density at radius 1 is 1.10 bits per heavy atom. The van der Waals surface area contributed by atoms with Gasteiger partial charge < -0.3 is 10.6 Å². The Hall–Kier alpha value is -2.17. The summed E-state index contributed by atoms with van der Waals surface area (Å²) in [5.41, 5.74) is 0.794. The van der Waals surface area contributed by atoms with E-state index in [2.05, 4.69) is 34.4 Å². The van der Waals surface area contributed by atoms with Crippen LogP contribution in [-0.2, 0) is 0 Å². The lowest BCUT2D eigenvalue weighted by Gasteiger charge is -2.11. The van der Waals surface area contributed by atoms with Crippen molar-refractivity contribution in [3.8, 4) is 0 Å². The van der Waals surface area contributed by atoms with Crippen LogP contribution in [0.1, 0.15) is 26.1 Å². The van der Waals surface area contributed by atoms with Crippen LogP contribution >= 0.6 is 0 Å². The molecule has 5 heteroatoms. The Morgan fingerprint density at radius 3 is 2.43 bits per heavy atom. The van der Waals surface area contributed by atoms with Crippen LogP contribution in [0.4, 0.5) is 21.7 Å². The minimum Gasteiger partial charge on any atom is -0.370 e. The summed E-state index contributed by atoms with van der Waals surface area (Å²) in [7, 11) is 0. The Labute approximate surface area is 124 Å². The van der Waals surface area contributed by atoms with Crippen molar-refractivity contribution in [1.29, 1.82) is 0 Å². The van der Waals surface area contributed by atoms with Gasteiger partial charge in [-0.3, -0.25) is 0 Å². The van der Waals surface area contributed by atoms with Crippen LogP contribution in [0.5, 0.6) is 0 Å². The van der Waals surface area contributed by atoms with Crippen LogP contribution < -0.4 is 10.6 Å². The number of anilines is 3. The number of aryl methyl sites for hydroxylation is 1. The van der Waals surface area contributed by atoms with Gasteiger partial charge in [0.15, 0.2) is 0 Å². The fraction of sp³-hybridized carbons (Fsp3) is 0.375. The summed E-state index contributed by atoms with van der Waals surface area (Å²) >= 11 is 0. The molecule has 2 rings (SSSR count). The summed E-state index contributed by atoms with van der Waals surface area (Å²) in [6.45, 7) is 7.11. The van der Waals surface area contributed by atoms with Gasteiger partial charge in [0.2, 0.25) is 0 Å². The van der Waals surface area contributed by atoms with Crippen molar-refractivity contribution >= 4 is 17.3 Å². The van der Waals surface area contributed by atoms with E-state index in [4.69, 9.17) is 0 Å². The largest absolute Gasteiger partial charge is 0.370 e. The molecule has 4 nitrogen and oxygen atoms in total. The van der Waals surface area contributed by atoms with Crippen molar-refractivity contribution in [2.24, 2.45) is 5.92 Å². The van der Waals surface area contributed by atoms with Gasteiger partial charge >= 0.3 is 0 Å². The van der Waals surface area contributed by atoms with E-state index in [1.807, 2.05) is 13.0 Å². The van der Waals surface area contributed by atoms with Crippen LogP contribution in [-0.4, -0.2) is 16.5 Å². The zero-order valence-corrected chi connectivity index (χ0v) is 12.7. The summed E-state index contributed by atoms with van der Waals surface area (Å²) < 4.78 is 12.9. The molecule has 0 aliphatic carbocycles. The van der Waals surface area contributed by atoms with E-state index in [1.54, 1.807) is 12.1 Å². The highest BCUT2D eigenvalue weighted by atomic mass is 19.1. The van der Waals surface area contributed by atoms with E-state index in [0.717, 1.165) is 24.5 Å². The third-order valence-electron chi connectivity index (χ3n) is 2.98. The predicted molar refractivity (Wildman–Crippen MR) is 84.4 cm³/mol. The lowest BCUT2D eigenvalue weighted by Crippen LogP contribution is -2.08. The highest BCUT2D eigenvalue weighted by Crippen LogP contribution is 2.18. The van der Waals surface area contributed by atoms with Gasteiger partial charge in [-0.2, -0.15) is 0 Å². The molecule has 0 spiro atoms. The molecule has 0 amide bonds. The van der Waals surface area contributed by atoms with Crippen molar-refractivity contribution in [2.45, 2.75) is 27.2 Å². The van der Waals surface area contributed by atoms with Crippen molar-refractivity contribution in [1.82, 2.24) is 9.97 Å². The van der Waals surface area contributed by atoms with Crippen LogP contribution in [0.3, 0.4) is 0 Å². The van der Waals surface area contributed by atoms with E-state index in [-0.39, 0.29) is 5.82 Å². The first-order valence-corrected chi connectivity index (χ1v) is 7.15. The van der Waals surface area contributed by atoms with E-state index in [1.165, 1.54) is 12.1 Å². The maximum absolute atomic E-state index is 12.9. The Kier molecular flexibility index (Phi) is 5.09. The van der Waals surface area contributed by atoms with Crippen molar-refractivity contribution in [2.75, 3.05) is 17.2 Å². The fourth-order valence-electron chi connectivity index (χ4n) is 1.89. The van der Waals surface area contributed by atoms with Crippen molar-refractivity contribution < 1.29 is 4.39 Å². The number of rotatable bonds is 6. The van der Waals surface area contributed by atoms with Crippen LogP contribution in [0.2, 0.25) is 0 Å². The van der Waals surface area contributed by atoms with Crippen molar-refractivity contribution in [3.63, 3.8) is 0 Å². The summed E-state index contributed by atoms with van der Waals surface area (Å²) in [5.74, 6) is 2.58. The fourth-order valence-corrected chi connectivity index (χ4v) is 1.89. The van der Waals surface area contributed by atoms with E-state index in [0.29, 0.717) is 17.6 Å². The molecule has 0 bridgehead atoms. The molecule has 1 aromatic carbocycles. The number of nitrogens with zero attached hydrogens (tertiary/aromatic N) is 2. The lowest BCUT2D eigenvalue weighted by molar-refractivity contribution is 0.606. The predicted octanol–water partition coefficient (Wildman–Crippen LogP) is 4.13. The van der Waals surface area contributed by atoms with Gasteiger partial charge in [-0.1, -0.05) is 13.8 Å². The topological polar surface area (TPSA) is 49.8 Å². The number of nitrogens with one attached hydrogen (secondary N) is 2. The molecule has 0 aliphatic heterocycles. The zero-order chi connectivity index (χ0) is 15.2. The van der Waals surface area contributed by atoms with E-state index < -0.39 is 0 Å². The maximum atomic E-state index is 12.9. The Morgan fingerprint density at radius 2 is 1.76 bits per heavy atom. The molecule has 1 aromatic heterocycles. The second-order valence-electron chi connectivity index (χ2n) is 5.43. The smallest absolute Gasteiger partial charge is 0.136 e. The Balaban J connectivity index is 2.05. The summed E-state index contributed by atoms with van der Waals surface area (Å²) in [5, 5.41) is 6.45. The highest BCUT2D eigenvalue weighted by Gasteiger charge is 2.03. The van der Waals surface area contributed by atoms with Gasteiger partial charge in [-0.05, 0) is 43.5 Å². The number of aromatic nitrogens is 2. The van der Waals surface area contributed by atoms with Gasteiger partial charge in [-0.25, -0.2) is 14.4 Å². The molecule has 21 heavy (non-hydrogen) atoms.